The van der Waals surface area contributed by atoms with E-state index in [1.165, 1.54) is 0 Å². The number of rotatable bonds is 19. The van der Waals surface area contributed by atoms with Gasteiger partial charge in [-0.1, -0.05) is 21.6 Å². The van der Waals surface area contributed by atoms with Crippen LogP contribution in [0.1, 0.15) is 27.7 Å². The summed E-state index contributed by atoms with van der Waals surface area (Å²) in [5.41, 5.74) is 0. The molecule has 0 rings (SSSR count). The van der Waals surface area contributed by atoms with Crippen molar-refractivity contribution in [1.29, 1.82) is 0 Å². The minimum absolute atomic E-state index is 0.618. The van der Waals surface area contributed by atoms with Crippen molar-refractivity contribution in [1.82, 2.24) is 0 Å². The summed E-state index contributed by atoms with van der Waals surface area (Å²) in [4.78, 5) is 0. The first-order valence-corrected chi connectivity index (χ1v) is 17.8. The van der Waals surface area contributed by atoms with Crippen molar-refractivity contribution in [2.24, 2.45) is 0 Å². The van der Waals surface area contributed by atoms with Gasteiger partial charge in [0, 0.05) is 64.2 Å². The van der Waals surface area contributed by atoms with Gasteiger partial charge in [-0.25, -0.2) is 0 Å². The Morgan fingerprint density at radius 1 is 0.577 bits per heavy atom. The quantitative estimate of drug-likeness (QED) is 0.143. The largest absolute Gasteiger partial charge is 0.501 e. The van der Waals surface area contributed by atoms with Crippen molar-refractivity contribution >= 4 is 58.8 Å². The molecule has 0 bridgehead atoms. The van der Waals surface area contributed by atoms with Crippen LogP contribution in [0, 0.1) is 0 Å². The molecular weight excluding hydrogens is 449 g/mol. The highest BCUT2D eigenvalue weighted by Gasteiger charge is 2.39. The maximum atomic E-state index is 5.78. The lowest BCUT2D eigenvalue weighted by molar-refractivity contribution is 0.0876. The number of hydrogen-bond donors (Lipinski definition) is 0. The van der Waals surface area contributed by atoms with E-state index in [0.717, 1.165) is 23.6 Å². The third kappa shape index (κ3) is 11.6. The van der Waals surface area contributed by atoms with Crippen LogP contribution in [0.5, 0.6) is 0 Å². The summed E-state index contributed by atoms with van der Waals surface area (Å²) in [6.07, 6.45) is 0. The lowest BCUT2D eigenvalue weighted by atomic mass is 10.9. The summed E-state index contributed by atoms with van der Waals surface area (Å²) in [7, 11) is 5.54. The fourth-order valence-corrected chi connectivity index (χ4v) is 14.6. The van der Waals surface area contributed by atoms with Crippen molar-refractivity contribution in [3.8, 4) is 0 Å². The van der Waals surface area contributed by atoms with E-state index >= 15 is 0 Å². The van der Waals surface area contributed by atoms with E-state index in [1.807, 2.05) is 27.7 Å². The molecule has 0 amide bonds. The van der Waals surface area contributed by atoms with Crippen LogP contribution in [0.25, 0.3) is 0 Å². The van der Waals surface area contributed by atoms with E-state index < -0.39 is 17.6 Å². The predicted molar refractivity (Wildman–Crippen MR) is 122 cm³/mol. The molecule has 0 atom stereocenters. The van der Waals surface area contributed by atoms with Crippen LogP contribution in [0.2, 0.25) is 12.1 Å². The minimum Gasteiger partial charge on any atom is -0.377 e. The van der Waals surface area contributed by atoms with Crippen molar-refractivity contribution in [2.45, 2.75) is 39.8 Å². The highest BCUT2D eigenvalue weighted by atomic mass is 33.7. The first kappa shape index (κ1) is 27.6. The molecule has 158 valence electrons. The highest BCUT2D eigenvalue weighted by Crippen LogP contribution is 2.44. The Labute approximate surface area is 176 Å². The number of hydrogen-bond acceptors (Lipinski definition) is 10. The van der Waals surface area contributed by atoms with Crippen LogP contribution in [-0.2, 0) is 26.6 Å². The van der Waals surface area contributed by atoms with E-state index in [1.54, 1.807) is 55.5 Å². The molecule has 0 aromatic heterocycles. The summed E-state index contributed by atoms with van der Waals surface area (Å²) >= 11 is 0. The first-order valence-electron chi connectivity index (χ1n) is 8.81. The van der Waals surface area contributed by atoms with Gasteiger partial charge in [0.2, 0.25) is 0 Å². The van der Waals surface area contributed by atoms with Crippen LogP contribution >= 0.6 is 41.2 Å². The molecule has 0 aliphatic carbocycles. The summed E-state index contributed by atoms with van der Waals surface area (Å²) < 4.78 is 34.3. The fraction of sp³-hybridized carbons (Fsp3) is 1.00. The lowest BCUT2D eigenvalue weighted by Gasteiger charge is -2.27. The first-order chi connectivity index (χ1) is 12.6. The Hall–Kier alpha value is 1.59. The average Bonchev–Trinajstić information content (AvgIpc) is 2.64. The molecule has 0 radical (unpaired) electrons. The average molecular weight is 483 g/mol. The van der Waals surface area contributed by atoms with Crippen LogP contribution in [0.4, 0.5) is 0 Å². The molecule has 0 unspecified atom stereocenters. The summed E-state index contributed by atoms with van der Waals surface area (Å²) in [6, 6.07) is 1.64. The van der Waals surface area contributed by atoms with E-state index in [0.29, 0.717) is 26.4 Å². The predicted octanol–water partition coefficient (Wildman–Crippen LogP) is 4.98. The van der Waals surface area contributed by atoms with Crippen LogP contribution in [-0.4, -0.2) is 69.8 Å². The monoisotopic (exact) mass is 482 g/mol. The van der Waals surface area contributed by atoms with Gasteiger partial charge in [-0.3, -0.25) is 0 Å². The molecule has 0 aromatic carbocycles. The minimum atomic E-state index is -2.49. The summed E-state index contributed by atoms with van der Waals surface area (Å²) in [5, 5.41) is 0. The Kier molecular flexibility index (Phi) is 18.5. The van der Waals surface area contributed by atoms with Crippen molar-refractivity contribution < 1.29 is 26.6 Å². The Morgan fingerprint density at radius 2 is 0.885 bits per heavy atom. The third-order valence-corrected chi connectivity index (χ3v) is 16.3. The smallest absolute Gasteiger partial charge is 0.377 e. The molecule has 0 aliphatic rings. The normalized spacial score (nSPS) is 12.7. The molecule has 0 fully saturated rings. The van der Waals surface area contributed by atoms with Gasteiger partial charge < -0.3 is 26.6 Å². The summed E-state index contributed by atoms with van der Waals surface area (Å²) in [6.45, 7) is 10.4. The van der Waals surface area contributed by atoms with Gasteiger partial charge in [-0.05, 0) is 47.3 Å². The van der Waals surface area contributed by atoms with Crippen LogP contribution in [0.15, 0.2) is 0 Å². The molecule has 0 saturated heterocycles. The van der Waals surface area contributed by atoms with Gasteiger partial charge in [-0.2, -0.15) is 0 Å². The molecular formula is C14H34O6S4Si2. The van der Waals surface area contributed by atoms with Gasteiger partial charge in [0.1, 0.15) is 0 Å². The van der Waals surface area contributed by atoms with E-state index in [9.17, 15) is 0 Å². The molecule has 0 aliphatic heterocycles. The molecule has 0 aromatic rings. The highest BCUT2D eigenvalue weighted by molar-refractivity contribution is 9.26. The van der Waals surface area contributed by atoms with Gasteiger partial charge in [0.25, 0.3) is 0 Å². The topological polar surface area (TPSA) is 55.4 Å². The lowest BCUT2D eigenvalue weighted by Crippen LogP contribution is -2.45. The van der Waals surface area contributed by atoms with Gasteiger partial charge in [0.15, 0.2) is 0 Å². The zero-order valence-corrected chi connectivity index (χ0v) is 22.0. The zero-order valence-electron chi connectivity index (χ0n) is 16.7. The molecule has 0 saturated carbocycles. The van der Waals surface area contributed by atoms with Crippen molar-refractivity contribution in [2.75, 3.05) is 52.2 Å². The molecule has 26 heavy (non-hydrogen) atoms. The standard InChI is InChI=1S/C14H34O6S4Si2/c1-7-17-25(15-5,18-8-2)13-11-21-23-24-22-12-14-26(16-6,19-9-3)20-10-4/h7-14H2,1-6H3. The van der Waals surface area contributed by atoms with Crippen molar-refractivity contribution in [3.63, 3.8) is 0 Å². The van der Waals surface area contributed by atoms with E-state index in [4.69, 9.17) is 26.6 Å². The second kappa shape index (κ2) is 17.5. The second-order valence-electron chi connectivity index (χ2n) is 4.79. The molecule has 0 heterocycles. The van der Waals surface area contributed by atoms with Crippen molar-refractivity contribution in [3.05, 3.63) is 0 Å². The molecule has 0 N–H and O–H groups in total. The Morgan fingerprint density at radius 3 is 1.12 bits per heavy atom. The van der Waals surface area contributed by atoms with Gasteiger partial charge >= 0.3 is 17.6 Å². The third-order valence-electron chi connectivity index (χ3n) is 3.19. The maximum Gasteiger partial charge on any atom is 0.501 e. The van der Waals surface area contributed by atoms with E-state index in [2.05, 4.69) is 0 Å². The summed E-state index contributed by atoms with van der Waals surface area (Å²) in [5.74, 6) is 1.87. The fourth-order valence-electron chi connectivity index (χ4n) is 2.13. The maximum absolute atomic E-state index is 5.78. The van der Waals surface area contributed by atoms with Crippen LogP contribution < -0.4 is 0 Å². The second-order valence-corrected chi connectivity index (χ2v) is 16.7. The molecule has 6 nitrogen and oxygen atoms in total. The van der Waals surface area contributed by atoms with Gasteiger partial charge in [-0.15, -0.1) is 0 Å². The Balaban J connectivity index is 3.98. The molecule has 0 spiro atoms. The Bertz CT molecular complexity index is 292. The van der Waals surface area contributed by atoms with E-state index in [-0.39, 0.29) is 0 Å². The molecule has 12 heteroatoms. The SMILES string of the molecule is CCO[Si](CCSSSSCC[Si](OC)(OCC)OCC)(OC)OCC. The zero-order chi connectivity index (χ0) is 19.7. The van der Waals surface area contributed by atoms with Crippen LogP contribution in [0.3, 0.4) is 0 Å². The van der Waals surface area contributed by atoms with Gasteiger partial charge in [0.05, 0.1) is 0 Å².